The number of hydrogen-bond acceptors (Lipinski definition) is 5. The van der Waals surface area contributed by atoms with Gasteiger partial charge in [0.2, 0.25) is 0 Å². The highest BCUT2D eigenvalue weighted by atomic mass is 15.4. The molecule has 6 heteroatoms. The second-order valence-electron chi connectivity index (χ2n) is 9.44. The van der Waals surface area contributed by atoms with Crippen LogP contribution in [0.25, 0.3) is 0 Å². The molecule has 2 aromatic rings. The molecule has 1 unspecified atom stereocenters. The van der Waals surface area contributed by atoms with E-state index in [0.717, 1.165) is 37.0 Å². The molecule has 1 fully saturated rings. The molecule has 0 saturated carbocycles. The predicted octanol–water partition coefficient (Wildman–Crippen LogP) is 3.55. The number of piperidine rings is 1. The predicted molar refractivity (Wildman–Crippen MR) is 115 cm³/mol. The fourth-order valence-electron chi connectivity index (χ4n) is 5.01. The van der Waals surface area contributed by atoms with Crippen LogP contribution in [0.5, 0.6) is 0 Å². The number of likely N-dealkylation sites (tertiary alicyclic amines) is 1. The molecule has 1 atom stereocenters. The minimum Gasteiger partial charge on any atom is -0.303 e. The van der Waals surface area contributed by atoms with Gasteiger partial charge in [-0.25, -0.2) is 0 Å². The molecule has 1 aliphatic carbocycles. The van der Waals surface area contributed by atoms with Gasteiger partial charge in [0.05, 0.1) is 17.4 Å². The molecule has 1 aliphatic heterocycles. The van der Waals surface area contributed by atoms with E-state index in [9.17, 15) is 0 Å². The van der Waals surface area contributed by atoms with Crippen molar-refractivity contribution in [3.05, 3.63) is 41.5 Å². The molecule has 0 bridgehead atoms. The average molecular weight is 397 g/mol. The molecule has 1 saturated heterocycles. The standard InChI is InChI=1S/C23H36N6/c1-18(2)14-28-12-9-19(10-13-28)15-29-17-21(25-26-29)16-27(3)22-8-4-6-20-7-5-11-24-23(20)22/h5,7,11,17-19,22H,4,6,8-10,12-16H2,1-3H3. The zero-order valence-corrected chi connectivity index (χ0v) is 18.3. The van der Waals surface area contributed by atoms with Gasteiger partial charge < -0.3 is 4.90 Å². The Balaban J connectivity index is 1.30. The SMILES string of the molecule is CC(C)CN1CCC(Cn2cc(CN(C)C3CCCc4cccnc43)nn2)CC1. The number of aromatic nitrogens is 4. The van der Waals surface area contributed by atoms with E-state index in [1.54, 1.807) is 0 Å². The summed E-state index contributed by atoms with van der Waals surface area (Å²) in [6, 6.07) is 4.67. The average Bonchev–Trinajstić information content (AvgIpc) is 3.15. The number of rotatable bonds is 7. The van der Waals surface area contributed by atoms with Crippen LogP contribution in [-0.2, 0) is 19.5 Å². The number of nitrogens with zero attached hydrogens (tertiary/aromatic N) is 6. The molecule has 3 heterocycles. The second-order valence-corrected chi connectivity index (χ2v) is 9.44. The summed E-state index contributed by atoms with van der Waals surface area (Å²) in [6.45, 7) is 10.1. The number of fused-ring (bicyclic) bond motifs is 1. The van der Waals surface area contributed by atoms with Gasteiger partial charge in [0, 0.05) is 32.0 Å². The third-order valence-corrected chi connectivity index (χ3v) is 6.47. The Morgan fingerprint density at radius 2 is 2.03 bits per heavy atom. The maximum absolute atomic E-state index is 4.68. The summed E-state index contributed by atoms with van der Waals surface area (Å²) in [5.74, 6) is 1.48. The lowest BCUT2D eigenvalue weighted by Crippen LogP contribution is -2.37. The summed E-state index contributed by atoms with van der Waals surface area (Å²) >= 11 is 0. The van der Waals surface area contributed by atoms with Gasteiger partial charge in [0.15, 0.2) is 0 Å². The third kappa shape index (κ3) is 5.23. The summed E-state index contributed by atoms with van der Waals surface area (Å²) < 4.78 is 2.07. The molecule has 0 aromatic carbocycles. The highest BCUT2D eigenvalue weighted by Gasteiger charge is 2.26. The Morgan fingerprint density at radius 3 is 2.83 bits per heavy atom. The van der Waals surface area contributed by atoms with Crippen LogP contribution in [0.15, 0.2) is 24.5 Å². The van der Waals surface area contributed by atoms with Crippen molar-refractivity contribution in [1.82, 2.24) is 29.8 Å². The van der Waals surface area contributed by atoms with Gasteiger partial charge in [-0.1, -0.05) is 25.1 Å². The van der Waals surface area contributed by atoms with E-state index >= 15 is 0 Å². The van der Waals surface area contributed by atoms with Crippen molar-refractivity contribution in [3.63, 3.8) is 0 Å². The maximum Gasteiger partial charge on any atom is 0.0967 e. The molecular formula is C23H36N6. The van der Waals surface area contributed by atoms with Crippen LogP contribution >= 0.6 is 0 Å². The van der Waals surface area contributed by atoms with E-state index in [0.29, 0.717) is 6.04 Å². The second kappa shape index (κ2) is 9.35. The van der Waals surface area contributed by atoms with Crippen LogP contribution in [0.4, 0.5) is 0 Å². The molecule has 158 valence electrons. The summed E-state index contributed by atoms with van der Waals surface area (Å²) in [6.07, 6.45) is 10.2. The number of pyridine rings is 1. The van der Waals surface area contributed by atoms with Gasteiger partial charge in [-0.15, -0.1) is 5.10 Å². The van der Waals surface area contributed by atoms with Crippen molar-refractivity contribution >= 4 is 0 Å². The lowest BCUT2D eigenvalue weighted by molar-refractivity contribution is 0.156. The third-order valence-electron chi connectivity index (χ3n) is 6.47. The maximum atomic E-state index is 4.68. The number of aryl methyl sites for hydroxylation is 1. The summed E-state index contributed by atoms with van der Waals surface area (Å²) in [4.78, 5) is 9.69. The van der Waals surface area contributed by atoms with E-state index in [-0.39, 0.29) is 0 Å². The van der Waals surface area contributed by atoms with Gasteiger partial charge >= 0.3 is 0 Å². The molecule has 4 rings (SSSR count). The largest absolute Gasteiger partial charge is 0.303 e. The highest BCUT2D eigenvalue weighted by molar-refractivity contribution is 5.25. The lowest BCUT2D eigenvalue weighted by Gasteiger charge is -2.32. The minimum atomic E-state index is 0.385. The van der Waals surface area contributed by atoms with E-state index in [1.165, 1.54) is 56.6 Å². The highest BCUT2D eigenvalue weighted by Crippen LogP contribution is 2.32. The zero-order valence-electron chi connectivity index (χ0n) is 18.3. The Kier molecular flexibility index (Phi) is 6.60. The molecule has 0 N–H and O–H groups in total. The van der Waals surface area contributed by atoms with E-state index in [4.69, 9.17) is 0 Å². The molecule has 0 amide bonds. The normalized spacial score (nSPS) is 21.1. The van der Waals surface area contributed by atoms with Crippen LogP contribution < -0.4 is 0 Å². The van der Waals surface area contributed by atoms with Crippen molar-refractivity contribution in [2.75, 3.05) is 26.7 Å². The van der Waals surface area contributed by atoms with Crippen molar-refractivity contribution in [1.29, 1.82) is 0 Å². The van der Waals surface area contributed by atoms with Crippen LogP contribution in [0.2, 0.25) is 0 Å². The Hall–Kier alpha value is -1.79. The van der Waals surface area contributed by atoms with Crippen LogP contribution in [0.3, 0.4) is 0 Å². The van der Waals surface area contributed by atoms with Gasteiger partial charge in [-0.05, 0) is 75.7 Å². The summed E-state index contributed by atoms with van der Waals surface area (Å²) in [5.41, 5.74) is 3.72. The van der Waals surface area contributed by atoms with Crippen molar-refractivity contribution in [3.8, 4) is 0 Å². The first-order valence-corrected chi connectivity index (χ1v) is 11.3. The molecule has 6 nitrogen and oxygen atoms in total. The van der Waals surface area contributed by atoms with Gasteiger partial charge in [0.1, 0.15) is 0 Å². The van der Waals surface area contributed by atoms with E-state index in [1.807, 2.05) is 6.20 Å². The van der Waals surface area contributed by atoms with E-state index < -0.39 is 0 Å². The minimum absolute atomic E-state index is 0.385. The quantitative estimate of drug-likeness (QED) is 0.716. The van der Waals surface area contributed by atoms with Gasteiger partial charge in [0.25, 0.3) is 0 Å². The Bertz CT molecular complexity index is 777. The fraction of sp³-hybridized carbons (Fsp3) is 0.696. The molecule has 29 heavy (non-hydrogen) atoms. The molecule has 2 aromatic heterocycles. The summed E-state index contributed by atoms with van der Waals surface area (Å²) in [5, 5.41) is 8.90. The molecular weight excluding hydrogens is 360 g/mol. The summed E-state index contributed by atoms with van der Waals surface area (Å²) in [7, 11) is 2.19. The fourth-order valence-corrected chi connectivity index (χ4v) is 5.01. The van der Waals surface area contributed by atoms with Crippen LogP contribution in [-0.4, -0.2) is 56.5 Å². The van der Waals surface area contributed by atoms with Gasteiger partial charge in [-0.3, -0.25) is 14.6 Å². The van der Waals surface area contributed by atoms with Crippen LogP contribution in [0, 0.1) is 11.8 Å². The smallest absolute Gasteiger partial charge is 0.0967 e. The lowest BCUT2D eigenvalue weighted by atomic mass is 9.91. The first kappa shape index (κ1) is 20.5. The van der Waals surface area contributed by atoms with Crippen molar-refractivity contribution in [2.45, 2.75) is 65.1 Å². The first-order valence-electron chi connectivity index (χ1n) is 11.3. The molecule has 2 aliphatic rings. The first-order chi connectivity index (χ1) is 14.1. The Labute approximate surface area is 175 Å². The molecule has 0 spiro atoms. The van der Waals surface area contributed by atoms with Crippen LogP contribution in [0.1, 0.15) is 62.5 Å². The Morgan fingerprint density at radius 1 is 1.21 bits per heavy atom. The van der Waals surface area contributed by atoms with Gasteiger partial charge in [-0.2, -0.15) is 0 Å². The number of hydrogen-bond donors (Lipinski definition) is 0. The van der Waals surface area contributed by atoms with Crippen molar-refractivity contribution < 1.29 is 0 Å². The molecule has 0 radical (unpaired) electrons. The topological polar surface area (TPSA) is 50.1 Å². The zero-order chi connectivity index (χ0) is 20.2. The van der Waals surface area contributed by atoms with Crippen molar-refractivity contribution in [2.24, 2.45) is 11.8 Å². The van der Waals surface area contributed by atoms with E-state index in [2.05, 4.69) is 69.0 Å². The monoisotopic (exact) mass is 396 g/mol.